The van der Waals surface area contributed by atoms with Crippen molar-refractivity contribution in [2.75, 3.05) is 26.0 Å². The maximum Gasteiger partial charge on any atom is 0.214 e. The standard InChI is InChI=1S/C18H27FN2O3S/c1-24-17(15-3-5-16(19)6-4-15)13-25(22,23)21-12-14-7-10-20-18(11-14)8-2-9-18/h3-6,14,17,20-21H,2,7-13H2,1H3. The first kappa shape index (κ1) is 18.8. The molecule has 7 heteroatoms. The van der Waals surface area contributed by atoms with Crippen LogP contribution >= 0.6 is 0 Å². The normalized spacial score (nSPS) is 24.0. The van der Waals surface area contributed by atoms with E-state index in [0.29, 0.717) is 18.0 Å². The molecule has 140 valence electrons. The van der Waals surface area contributed by atoms with Crippen molar-refractivity contribution in [3.63, 3.8) is 0 Å². The number of benzene rings is 1. The summed E-state index contributed by atoms with van der Waals surface area (Å²) in [6.07, 6.45) is 5.10. The second kappa shape index (κ2) is 7.70. The molecule has 5 nitrogen and oxygen atoms in total. The van der Waals surface area contributed by atoms with E-state index in [1.54, 1.807) is 12.1 Å². The van der Waals surface area contributed by atoms with E-state index in [-0.39, 0.29) is 17.1 Å². The van der Waals surface area contributed by atoms with Gasteiger partial charge in [0.05, 0.1) is 11.9 Å². The van der Waals surface area contributed by atoms with E-state index < -0.39 is 16.1 Å². The van der Waals surface area contributed by atoms with Crippen LogP contribution in [0.1, 0.15) is 43.8 Å². The van der Waals surface area contributed by atoms with Crippen molar-refractivity contribution in [3.05, 3.63) is 35.6 Å². The lowest BCUT2D eigenvalue weighted by Gasteiger charge is -2.48. The van der Waals surface area contributed by atoms with Gasteiger partial charge in [-0.15, -0.1) is 0 Å². The van der Waals surface area contributed by atoms with Crippen molar-refractivity contribution in [2.24, 2.45) is 5.92 Å². The van der Waals surface area contributed by atoms with Gasteiger partial charge in [-0.05, 0) is 62.3 Å². The van der Waals surface area contributed by atoms with E-state index in [9.17, 15) is 12.8 Å². The smallest absolute Gasteiger partial charge is 0.214 e. The highest BCUT2D eigenvalue weighted by Crippen LogP contribution is 2.40. The summed E-state index contributed by atoms with van der Waals surface area (Å²) in [5.41, 5.74) is 0.918. The fraction of sp³-hybridized carbons (Fsp3) is 0.667. The summed E-state index contributed by atoms with van der Waals surface area (Å²) in [7, 11) is -2.00. The van der Waals surface area contributed by atoms with Gasteiger partial charge in [-0.2, -0.15) is 0 Å². The van der Waals surface area contributed by atoms with E-state index in [1.165, 1.54) is 38.5 Å². The summed E-state index contributed by atoms with van der Waals surface area (Å²) in [6.45, 7) is 1.44. The molecule has 0 aromatic heterocycles. The minimum absolute atomic E-state index is 0.161. The Labute approximate surface area is 149 Å². The molecule has 1 saturated heterocycles. The van der Waals surface area contributed by atoms with E-state index in [0.717, 1.165) is 19.4 Å². The van der Waals surface area contributed by atoms with Gasteiger partial charge in [0.2, 0.25) is 10.0 Å². The lowest BCUT2D eigenvalue weighted by Crippen LogP contribution is -2.56. The number of halogens is 1. The molecule has 2 fully saturated rings. The monoisotopic (exact) mass is 370 g/mol. The Bertz CT molecular complexity index is 674. The minimum atomic E-state index is -3.47. The molecule has 1 aliphatic heterocycles. The zero-order valence-electron chi connectivity index (χ0n) is 14.6. The third kappa shape index (κ3) is 4.78. The van der Waals surface area contributed by atoms with Crippen LogP contribution in [-0.2, 0) is 14.8 Å². The van der Waals surface area contributed by atoms with Crippen molar-refractivity contribution in [1.29, 1.82) is 0 Å². The Morgan fingerprint density at radius 2 is 2.08 bits per heavy atom. The molecule has 2 N–H and O–H groups in total. The number of hydrogen-bond acceptors (Lipinski definition) is 4. The second-order valence-corrected chi connectivity index (χ2v) is 9.18. The first-order valence-electron chi connectivity index (χ1n) is 8.92. The summed E-state index contributed by atoms with van der Waals surface area (Å²) in [5, 5.41) is 3.60. The molecule has 0 amide bonds. The lowest BCUT2D eigenvalue weighted by molar-refractivity contribution is 0.107. The molecule has 1 saturated carbocycles. The number of piperidine rings is 1. The van der Waals surface area contributed by atoms with Gasteiger partial charge in [0.25, 0.3) is 0 Å². The highest BCUT2D eigenvalue weighted by atomic mass is 32.2. The molecule has 3 rings (SSSR count). The third-order valence-corrected chi connectivity index (χ3v) is 6.88. The van der Waals surface area contributed by atoms with Crippen LogP contribution in [0, 0.1) is 11.7 Å². The summed E-state index contributed by atoms with van der Waals surface area (Å²) in [6, 6.07) is 5.75. The summed E-state index contributed by atoms with van der Waals surface area (Å²) in [5.74, 6) is -0.135. The second-order valence-electron chi connectivity index (χ2n) is 7.33. The summed E-state index contributed by atoms with van der Waals surface area (Å²) < 4.78 is 46.0. The molecule has 25 heavy (non-hydrogen) atoms. The van der Waals surface area contributed by atoms with Gasteiger partial charge in [0, 0.05) is 19.2 Å². The Hall–Kier alpha value is -1.02. The number of sulfonamides is 1. The van der Waals surface area contributed by atoms with Gasteiger partial charge >= 0.3 is 0 Å². The van der Waals surface area contributed by atoms with Crippen molar-refractivity contribution < 1.29 is 17.5 Å². The largest absolute Gasteiger partial charge is 0.376 e. The van der Waals surface area contributed by atoms with Crippen molar-refractivity contribution in [1.82, 2.24) is 10.0 Å². The summed E-state index contributed by atoms with van der Waals surface area (Å²) >= 11 is 0. The molecule has 1 spiro atoms. The Morgan fingerprint density at radius 1 is 1.36 bits per heavy atom. The van der Waals surface area contributed by atoms with Gasteiger partial charge in [-0.25, -0.2) is 17.5 Å². The highest BCUT2D eigenvalue weighted by molar-refractivity contribution is 7.89. The molecular weight excluding hydrogens is 343 g/mol. The van der Waals surface area contributed by atoms with Crippen LogP contribution in [0.15, 0.2) is 24.3 Å². The first-order chi connectivity index (χ1) is 11.9. The van der Waals surface area contributed by atoms with Crippen LogP contribution in [0.4, 0.5) is 4.39 Å². The molecule has 1 aliphatic carbocycles. The SMILES string of the molecule is COC(CS(=O)(=O)NCC1CCNC2(CCC2)C1)c1ccc(F)cc1. The molecule has 1 heterocycles. The third-order valence-electron chi connectivity index (χ3n) is 5.53. The number of rotatable bonds is 7. The molecule has 0 radical (unpaired) electrons. The molecule has 1 aromatic rings. The van der Waals surface area contributed by atoms with Crippen LogP contribution in [0.25, 0.3) is 0 Å². The van der Waals surface area contributed by atoms with Gasteiger partial charge < -0.3 is 10.1 Å². The molecular formula is C18H27FN2O3S. The number of hydrogen-bond donors (Lipinski definition) is 2. The molecule has 1 aromatic carbocycles. The number of nitrogens with one attached hydrogen (secondary N) is 2. The molecule has 2 unspecified atom stereocenters. The van der Waals surface area contributed by atoms with Crippen LogP contribution in [-0.4, -0.2) is 39.9 Å². The van der Waals surface area contributed by atoms with Crippen LogP contribution < -0.4 is 10.0 Å². The fourth-order valence-corrected chi connectivity index (χ4v) is 5.24. The van der Waals surface area contributed by atoms with Crippen LogP contribution in [0.3, 0.4) is 0 Å². The van der Waals surface area contributed by atoms with Crippen molar-refractivity contribution in [3.8, 4) is 0 Å². The van der Waals surface area contributed by atoms with E-state index in [2.05, 4.69) is 10.0 Å². The van der Waals surface area contributed by atoms with E-state index in [4.69, 9.17) is 4.74 Å². The number of methoxy groups -OCH3 is 1. The van der Waals surface area contributed by atoms with E-state index in [1.807, 2.05) is 0 Å². The fourth-order valence-electron chi connectivity index (χ4n) is 3.91. The topological polar surface area (TPSA) is 67.4 Å². The van der Waals surface area contributed by atoms with Gasteiger partial charge in [0.15, 0.2) is 0 Å². The molecule has 2 atom stereocenters. The summed E-state index contributed by atoms with van der Waals surface area (Å²) in [4.78, 5) is 0. The minimum Gasteiger partial charge on any atom is -0.376 e. The molecule has 2 aliphatic rings. The van der Waals surface area contributed by atoms with Crippen LogP contribution in [0.5, 0.6) is 0 Å². The average Bonchev–Trinajstić information content (AvgIpc) is 2.58. The van der Waals surface area contributed by atoms with Crippen molar-refractivity contribution >= 4 is 10.0 Å². The van der Waals surface area contributed by atoms with Crippen molar-refractivity contribution in [2.45, 2.75) is 43.7 Å². The number of ether oxygens (including phenoxy) is 1. The van der Waals surface area contributed by atoms with Gasteiger partial charge in [0.1, 0.15) is 5.82 Å². The predicted octanol–water partition coefficient (Wildman–Crippen LogP) is 2.35. The Kier molecular flexibility index (Phi) is 5.78. The predicted molar refractivity (Wildman–Crippen MR) is 95.2 cm³/mol. The Balaban J connectivity index is 1.54. The zero-order chi connectivity index (χ0) is 17.9. The molecule has 0 bridgehead atoms. The lowest BCUT2D eigenvalue weighted by atomic mass is 9.68. The first-order valence-corrected chi connectivity index (χ1v) is 10.6. The zero-order valence-corrected chi connectivity index (χ0v) is 15.4. The van der Waals surface area contributed by atoms with E-state index >= 15 is 0 Å². The quantitative estimate of drug-likeness (QED) is 0.773. The highest BCUT2D eigenvalue weighted by Gasteiger charge is 2.40. The maximum atomic E-state index is 13.0. The maximum absolute atomic E-state index is 13.0. The van der Waals surface area contributed by atoms with Gasteiger partial charge in [-0.1, -0.05) is 12.1 Å². The Morgan fingerprint density at radius 3 is 2.68 bits per heavy atom. The van der Waals surface area contributed by atoms with Crippen LogP contribution in [0.2, 0.25) is 0 Å². The van der Waals surface area contributed by atoms with Gasteiger partial charge in [-0.3, -0.25) is 0 Å². The average molecular weight is 370 g/mol.